The van der Waals surface area contributed by atoms with Gasteiger partial charge in [0.25, 0.3) is 0 Å². The molecule has 1 aromatic heterocycles. The summed E-state index contributed by atoms with van der Waals surface area (Å²) in [6, 6.07) is 7.99. The molecule has 0 aliphatic carbocycles. The quantitative estimate of drug-likeness (QED) is 0.842. The van der Waals surface area contributed by atoms with Crippen molar-refractivity contribution in [2.24, 2.45) is 5.92 Å². The number of nitrogens with one attached hydrogen (secondary N) is 1. The van der Waals surface area contributed by atoms with Crippen molar-refractivity contribution in [1.29, 1.82) is 10.5 Å². The predicted molar refractivity (Wildman–Crippen MR) is 84.1 cm³/mol. The maximum Gasteiger partial charge on any atom is 0.170 e. The summed E-state index contributed by atoms with van der Waals surface area (Å²) in [5.41, 5.74) is 0.827. The second-order valence-corrected chi connectivity index (χ2v) is 6.89. The second-order valence-electron chi connectivity index (χ2n) is 4.77. The molecule has 0 fully saturated rings. The highest BCUT2D eigenvalue weighted by Crippen LogP contribution is 2.34. The van der Waals surface area contributed by atoms with Crippen LogP contribution in [0, 0.1) is 28.6 Å². The number of benzene rings is 1. The Bertz CT molecular complexity index is 694. The number of thioether (sulfide) groups is 1. The Morgan fingerprint density at radius 1 is 1.29 bits per heavy atom. The first-order valence-electron chi connectivity index (χ1n) is 6.42. The van der Waals surface area contributed by atoms with Crippen molar-refractivity contribution < 1.29 is 0 Å². The minimum absolute atomic E-state index is 0.410. The number of aromatic nitrogens is 2. The summed E-state index contributed by atoms with van der Waals surface area (Å²) < 4.78 is 0. The largest absolute Gasteiger partial charge is 0.339 e. The maximum atomic E-state index is 9.32. The Morgan fingerprint density at radius 2 is 2.10 bits per heavy atom. The normalized spacial score (nSPS) is 10.3. The minimum atomic E-state index is 0.410. The van der Waals surface area contributed by atoms with Crippen molar-refractivity contribution in [2.45, 2.75) is 28.8 Å². The fourth-order valence-corrected chi connectivity index (χ4v) is 3.53. The first-order chi connectivity index (χ1) is 10.1. The Balaban J connectivity index is 2.38. The van der Waals surface area contributed by atoms with Gasteiger partial charge in [0.05, 0.1) is 11.1 Å². The van der Waals surface area contributed by atoms with E-state index in [0.29, 0.717) is 22.2 Å². The van der Waals surface area contributed by atoms with E-state index < -0.39 is 0 Å². The number of hydrogen-bond acceptors (Lipinski definition) is 5. The first kappa shape index (κ1) is 15.5. The molecule has 0 saturated carbocycles. The summed E-state index contributed by atoms with van der Waals surface area (Å²) in [6.07, 6.45) is 3.40. The van der Waals surface area contributed by atoms with Crippen LogP contribution < -0.4 is 0 Å². The highest BCUT2D eigenvalue weighted by atomic mass is 32.2. The van der Waals surface area contributed by atoms with E-state index in [-0.39, 0.29) is 0 Å². The SMILES string of the molecule is CC(C)CSc1cc(C#N)c(C#N)c(Sc2ncc[nH]2)c1. The molecule has 21 heavy (non-hydrogen) atoms. The zero-order valence-corrected chi connectivity index (χ0v) is 13.4. The Labute approximate surface area is 132 Å². The summed E-state index contributed by atoms with van der Waals surface area (Å²) in [7, 11) is 0. The van der Waals surface area contributed by atoms with Crippen LogP contribution in [0.2, 0.25) is 0 Å². The molecule has 2 aromatic rings. The average Bonchev–Trinajstić information content (AvgIpc) is 2.97. The lowest BCUT2D eigenvalue weighted by molar-refractivity contribution is 0.750. The number of imidazole rings is 1. The van der Waals surface area contributed by atoms with Crippen molar-refractivity contribution in [3.8, 4) is 12.1 Å². The van der Waals surface area contributed by atoms with E-state index in [1.165, 1.54) is 11.8 Å². The molecule has 1 aromatic carbocycles. The molecular formula is C15H14N4S2. The van der Waals surface area contributed by atoms with Gasteiger partial charge in [-0.3, -0.25) is 0 Å². The van der Waals surface area contributed by atoms with E-state index in [2.05, 4.69) is 36.0 Å². The number of aromatic amines is 1. The number of rotatable bonds is 5. The molecule has 0 aliphatic heterocycles. The van der Waals surface area contributed by atoms with Crippen LogP contribution >= 0.6 is 23.5 Å². The molecule has 1 N–H and O–H groups in total. The molecule has 4 nitrogen and oxygen atoms in total. The van der Waals surface area contributed by atoms with Crippen molar-refractivity contribution in [3.63, 3.8) is 0 Å². The lowest BCUT2D eigenvalue weighted by Crippen LogP contribution is -1.93. The monoisotopic (exact) mass is 314 g/mol. The van der Waals surface area contributed by atoms with Gasteiger partial charge in [-0.25, -0.2) is 4.98 Å². The van der Waals surface area contributed by atoms with Gasteiger partial charge in [-0.2, -0.15) is 10.5 Å². The number of H-pyrrole nitrogens is 1. The molecule has 0 spiro atoms. The van der Waals surface area contributed by atoms with E-state index in [0.717, 1.165) is 15.5 Å². The lowest BCUT2D eigenvalue weighted by Gasteiger charge is -2.09. The van der Waals surface area contributed by atoms with Crippen LogP contribution in [0.3, 0.4) is 0 Å². The Morgan fingerprint density at radius 3 is 2.67 bits per heavy atom. The summed E-state index contributed by atoms with van der Waals surface area (Å²) >= 11 is 3.07. The topological polar surface area (TPSA) is 76.3 Å². The number of nitrogens with zero attached hydrogens (tertiary/aromatic N) is 3. The second kappa shape index (κ2) is 7.21. The molecule has 0 saturated heterocycles. The molecule has 6 heteroatoms. The standard InChI is InChI=1S/C15H14N4S2/c1-10(2)9-20-12-5-11(7-16)13(8-17)14(6-12)21-15-18-3-4-19-15/h3-6,10H,9H2,1-2H3,(H,18,19). The lowest BCUT2D eigenvalue weighted by atomic mass is 10.1. The average molecular weight is 314 g/mol. The summed E-state index contributed by atoms with van der Waals surface area (Å²) in [6.45, 7) is 4.31. The summed E-state index contributed by atoms with van der Waals surface area (Å²) in [5, 5.41) is 19.3. The highest BCUT2D eigenvalue weighted by Gasteiger charge is 2.13. The van der Waals surface area contributed by atoms with Gasteiger partial charge < -0.3 is 4.98 Å². The van der Waals surface area contributed by atoms with Gasteiger partial charge in [-0.1, -0.05) is 25.6 Å². The molecule has 0 unspecified atom stereocenters. The zero-order valence-electron chi connectivity index (χ0n) is 11.8. The maximum absolute atomic E-state index is 9.32. The summed E-state index contributed by atoms with van der Waals surface area (Å²) in [4.78, 5) is 8.92. The molecule has 2 rings (SSSR count). The smallest absolute Gasteiger partial charge is 0.170 e. The molecular weight excluding hydrogens is 300 g/mol. The Hall–Kier alpha value is -1.89. The molecule has 106 valence electrons. The van der Waals surface area contributed by atoms with Crippen LogP contribution in [0.15, 0.2) is 39.5 Å². The third kappa shape index (κ3) is 4.04. The van der Waals surface area contributed by atoms with E-state index >= 15 is 0 Å². The third-order valence-corrected chi connectivity index (χ3v) is 4.93. The van der Waals surface area contributed by atoms with Crippen LogP contribution in [0.1, 0.15) is 25.0 Å². The van der Waals surface area contributed by atoms with Gasteiger partial charge in [-0.15, -0.1) is 11.8 Å². The van der Waals surface area contributed by atoms with Gasteiger partial charge in [0, 0.05) is 27.9 Å². The van der Waals surface area contributed by atoms with Crippen LogP contribution in [0.25, 0.3) is 0 Å². The van der Waals surface area contributed by atoms with Crippen LogP contribution in [-0.4, -0.2) is 15.7 Å². The van der Waals surface area contributed by atoms with Gasteiger partial charge in [0.2, 0.25) is 0 Å². The molecule has 0 aliphatic rings. The van der Waals surface area contributed by atoms with Gasteiger partial charge in [0.15, 0.2) is 5.16 Å². The predicted octanol–water partition coefficient (Wildman–Crippen LogP) is 4.05. The fraction of sp³-hybridized carbons (Fsp3) is 0.267. The van der Waals surface area contributed by atoms with Crippen LogP contribution in [-0.2, 0) is 0 Å². The fourth-order valence-electron chi connectivity index (χ4n) is 1.63. The van der Waals surface area contributed by atoms with E-state index in [1.54, 1.807) is 30.2 Å². The Kier molecular flexibility index (Phi) is 5.32. The van der Waals surface area contributed by atoms with Crippen LogP contribution in [0.5, 0.6) is 0 Å². The molecule has 0 amide bonds. The van der Waals surface area contributed by atoms with Crippen molar-refractivity contribution >= 4 is 23.5 Å². The van der Waals surface area contributed by atoms with Crippen LogP contribution in [0.4, 0.5) is 0 Å². The van der Waals surface area contributed by atoms with E-state index in [9.17, 15) is 10.5 Å². The van der Waals surface area contributed by atoms with E-state index in [1.807, 2.05) is 6.07 Å². The minimum Gasteiger partial charge on any atom is -0.339 e. The summed E-state index contributed by atoms with van der Waals surface area (Å²) in [5.74, 6) is 1.54. The molecule has 1 heterocycles. The van der Waals surface area contributed by atoms with Crippen molar-refractivity contribution in [2.75, 3.05) is 5.75 Å². The zero-order chi connectivity index (χ0) is 15.2. The van der Waals surface area contributed by atoms with Gasteiger partial charge in [-0.05, 0) is 18.1 Å². The molecule has 0 radical (unpaired) electrons. The third-order valence-electron chi connectivity index (χ3n) is 2.57. The number of nitriles is 2. The van der Waals surface area contributed by atoms with Crippen molar-refractivity contribution in [1.82, 2.24) is 9.97 Å². The van der Waals surface area contributed by atoms with Crippen molar-refractivity contribution in [3.05, 3.63) is 35.7 Å². The highest BCUT2D eigenvalue weighted by molar-refractivity contribution is 8.00. The van der Waals surface area contributed by atoms with E-state index in [4.69, 9.17) is 0 Å². The van der Waals surface area contributed by atoms with Gasteiger partial charge >= 0.3 is 0 Å². The molecule has 0 atom stereocenters. The first-order valence-corrected chi connectivity index (χ1v) is 8.22. The van der Waals surface area contributed by atoms with Gasteiger partial charge in [0.1, 0.15) is 12.1 Å². The number of hydrogen-bond donors (Lipinski definition) is 1. The molecule has 0 bridgehead atoms.